The fourth-order valence-electron chi connectivity index (χ4n) is 5.18. The molecule has 194 valence electrons. The van der Waals surface area contributed by atoms with E-state index in [9.17, 15) is 8.42 Å². The number of fused-ring (bicyclic) bond motifs is 1. The number of nitrogens with zero attached hydrogens (tertiary/aromatic N) is 4. The van der Waals surface area contributed by atoms with Crippen molar-refractivity contribution in [2.75, 3.05) is 38.2 Å². The van der Waals surface area contributed by atoms with Crippen molar-refractivity contribution in [2.45, 2.75) is 25.4 Å². The number of nitrogens with one attached hydrogen (secondary N) is 1. The molecule has 3 aromatic carbocycles. The molecule has 1 N–H and O–H groups in total. The zero-order valence-electron chi connectivity index (χ0n) is 22.0. The van der Waals surface area contributed by atoms with Gasteiger partial charge in [-0.1, -0.05) is 30.3 Å². The van der Waals surface area contributed by atoms with E-state index < -0.39 is 10.0 Å². The molecule has 0 aliphatic carbocycles. The molecule has 7 nitrogen and oxygen atoms in total. The van der Waals surface area contributed by atoms with Crippen LogP contribution in [-0.2, 0) is 23.6 Å². The Balaban J connectivity index is 1.31. The van der Waals surface area contributed by atoms with Crippen molar-refractivity contribution >= 4 is 26.7 Å². The van der Waals surface area contributed by atoms with Crippen molar-refractivity contribution in [1.29, 1.82) is 0 Å². The third-order valence-corrected chi connectivity index (χ3v) is 7.91. The SMILES string of the molecule is CN(C)C1CCN(Cc2ccc(-c3ccc4nc(-c5ccc(NS(C)(=O)=O)cc5)n(C)c4c3)cc2)CC1. The summed E-state index contributed by atoms with van der Waals surface area (Å²) in [5.41, 5.74) is 7.15. The minimum atomic E-state index is -3.30. The molecule has 8 heteroatoms. The lowest BCUT2D eigenvalue weighted by Crippen LogP contribution is -2.41. The van der Waals surface area contributed by atoms with Gasteiger partial charge < -0.3 is 9.47 Å². The van der Waals surface area contributed by atoms with Crippen LogP contribution in [0.25, 0.3) is 33.5 Å². The molecule has 0 radical (unpaired) electrons. The highest BCUT2D eigenvalue weighted by Crippen LogP contribution is 2.29. The van der Waals surface area contributed by atoms with Crippen molar-refractivity contribution in [3.05, 3.63) is 72.3 Å². The highest BCUT2D eigenvalue weighted by atomic mass is 32.2. The van der Waals surface area contributed by atoms with E-state index in [1.54, 1.807) is 12.1 Å². The Morgan fingerprint density at radius 1 is 0.919 bits per heavy atom. The smallest absolute Gasteiger partial charge is 0.229 e. The number of likely N-dealkylation sites (tertiary alicyclic amines) is 1. The van der Waals surface area contributed by atoms with Crippen molar-refractivity contribution in [3.8, 4) is 22.5 Å². The number of imidazole rings is 1. The molecule has 4 aromatic rings. The van der Waals surface area contributed by atoms with Crippen LogP contribution in [0.1, 0.15) is 18.4 Å². The first-order chi connectivity index (χ1) is 17.7. The van der Waals surface area contributed by atoms with Gasteiger partial charge in [0, 0.05) is 30.9 Å². The lowest BCUT2D eigenvalue weighted by Gasteiger charge is -2.35. The molecule has 5 rings (SSSR count). The largest absolute Gasteiger partial charge is 0.327 e. The maximum absolute atomic E-state index is 11.5. The van der Waals surface area contributed by atoms with Gasteiger partial charge in [-0.15, -0.1) is 0 Å². The molecule has 0 spiro atoms. The van der Waals surface area contributed by atoms with Crippen LogP contribution >= 0.6 is 0 Å². The van der Waals surface area contributed by atoms with E-state index in [4.69, 9.17) is 4.98 Å². The van der Waals surface area contributed by atoms with Crippen LogP contribution in [0.2, 0.25) is 0 Å². The standard InChI is InChI=1S/C29H35N5O2S/c1-32(2)26-15-17-34(18-16-26)20-21-5-7-22(8-6-21)24-11-14-27-28(19-24)33(3)29(30-27)23-9-12-25(13-10-23)31-37(4,35)36/h5-14,19,26,31H,15-18,20H2,1-4H3. The first-order valence-corrected chi connectivity index (χ1v) is 14.6. The fourth-order valence-corrected chi connectivity index (χ4v) is 5.75. The maximum atomic E-state index is 11.5. The summed E-state index contributed by atoms with van der Waals surface area (Å²) in [6.45, 7) is 3.31. The molecule has 0 unspecified atom stereocenters. The average Bonchev–Trinajstić information content (AvgIpc) is 3.20. The van der Waals surface area contributed by atoms with Gasteiger partial charge in [-0.05, 0) is 93.1 Å². The van der Waals surface area contributed by atoms with Crippen LogP contribution in [-0.4, -0.2) is 67.3 Å². The molecule has 1 saturated heterocycles. The predicted molar refractivity (Wildman–Crippen MR) is 152 cm³/mol. The van der Waals surface area contributed by atoms with E-state index in [2.05, 4.69) is 75.6 Å². The number of hydrogen-bond acceptors (Lipinski definition) is 5. The van der Waals surface area contributed by atoms with Crippen LogP contribution in [0.15, 0.2) is 66.7 Å². The summed E-state index contributed by atoms with van der Waals surface area (Å²) in [6.07, 6.45) is 3.62. The number of benzene rings is 3. The first kappa shape index (κ1) is 25.4. The molecular weight excluding hydrogens is 482 g/mol. The summed E-state index contributed by atoms with van der Waals surface area (Å²) >= 11 is 0. The van der Waals surface area contributed by atoms with Crippen molar-refractivity contribution in [1.82, 2.24) is 19.4 Å². The van der Waals surface area contributed by atoms with E-state index >= 15 is 0 Å². The Morgan fingerprint density at radius 2 is 1.54 bits per heavy atom. The Bertz CT molecular complexity index is 1480. The Morgan fingerprint density at radius 3 is 2.16 bits per heavy atom. The van der Waals surface area contributed by atoms with Gasteiger partial charge in [0.15, 0.2) is 0 Å². The van der Waals surface area contributed by atoms with Crippen LogP contribution in [0.5, 0.6) is 0 Å². The third kappa shape index (κ3) is 5.87. The van der Waals surface area contributed by atoms with Gasteiger partial charge >= 0.3 is 0 Å². The van der Waals surface area contributed by atoms with E-state index in [0.29, 0.717) is 11.7 Å². The normalized spacial score (nSPS) is 15.5. The van der Waals surface area contributed by atoms with Crippen LogP contribution in [0.4, 0.5) is 5.69 Å². The second kappa shape index (κ2) is 10.3. The number of rotatable bonds is 7. The summed E-state index contributed by atoms with van der Waals surface area (Å²) in [7, 11) is 3.07. The second-order valence-electron chi connectivity index (χ2n) is 10.3. The van der Waals surface area contributed by atoms with E-state index in [1.165, 1.54) is 24.0 Å². The van der Waals surface area contributed by atoms with Gasteiger partial charge in [-0.2, -0.15) is 0 Å². The lowest BCUT2D eigenvalue weighted by atomic mass is 10.0. The first-order valence-electron chi connectivity index (χ1n) is 12.7. The maximum Gasteiger partial charge on any atom is 0.229 e. The van der Waals surface area contributed by atoms with Crippen molar-refractivity contribution < 1.29 is 8.42 Å². The topological polar surface area (TPSA) is 70.5 Å². The second-order valence-corrected chi connectivity index (χ2v) is 12.1. The number of aryl methyl sites for hydroxylation is 1. The fraction of sp³-hybridized carbons (Fsp3) is 0.345. The van der Waals surface area contributed by atoms with Crippen molar-refractivity contribution in [3.63, 3.8) is 0 Å². The minimum absolute atomic E-state index is 0.536. The third-order valence-electron chi connectivity index (χ3n) is 7.31. The average molecular weight is 518 g/mol. The van der Waals surface area contributed by atoms with Crippen LogP contribution in [0, 0.1) is 0 Å². The van der Waals surface area contributed by atoms with E-state index in [0.717, 1.165) is 53.9 Å². The summed E-state index contributed by atoms with van der Waals surface area (Å²) in [6, 6.07) is 23.3. The van der Waals surface area contributed by atoms with Gasteiger partial charge in [0.1, 0.15) is 5.82 Å². The quantitative estimate of drug-likeness (QED) is 0.381. The highest BCUT2D eigenvalue weighted by Gasteiger charge is 2.20. The molecule has 1 fully saturated rings. The minimum Gasteiger partial charge on any atom is -0.327 e. The zero-order chi connectivity index (χ0) is 26.2. The Labute approximate surface area is 219 Å². The molecule has 0 amide bonds. The zero-order valence-corrected chi connectivity index (χ0v) is 22.8. The van der Waals surface area contributed by atoms with Crippen LogP contribution in [0.3, 0.4) is 0 Å². The predicted octanol–water partition coefficient (Wildman–Crippen LogP) is 4.80. The molecule has 37 heavy (non-hydrogen) atoms. The van der Waals surface area contributed by atoms with Crippen molar-refractivity contribution in [2.24, 2.45) is 7.05 Å². The number of sulfonamides is 1. The van der Waals surface area contributed by atoms with Gasteiger partial charge in [0.2, 0.25) is 10.0 Å². The molecule has 2 heterocycles. The molecular formula is C29H35N5O2S. The van der Waals surface area contributed by atoms with Gasteiger partial charge in [-0.25, -0.2) is 13.4 Å². The molecule has 0 saturated carbocycles. The highest BCUT2D eigenvalue weighted by molar-refractivity contribution is 7.92. The van der Waals surface area contributed by atoms with E-state index in [-0.39, 0.29) is 0 Å². The van der Waals surface area contributed by atoms with E-state index in [1.807, 2.05) is 19.2 Å². The monoisotopic (exact) mass is 517 g/mol. The molecule has 1 aliphatic rings. The molecule has 0 atom stereocenters. The summed E-state index contributed by atoms with van der Waals surface area (Å²) in [4.78, 5) is 9.74. The number of piperidine rings is 1. The molecule has 1 aliphatic heterocycles. The number of hydrogen-bond donors (Lipinski definition) is 1. The van der Waals surface area contributed by atoms with Gasteiger partial charge in [-0.3, -0.25) is 9.62 Å². The summed E-state index contributed by atoms with van der Waals surface area (Å²) < 4.78 is 27.6. The van der Waals surface area contributed by atoms with Crippen LogP contribution < -0.4 is 4.72 Å². The summed E-state index contributed by atoms with van der Waals surface area (Å²) in [5.74, 6) is 0.839. The Hall–Kier alpha value is -3.20. The van der Waals surface area contributed by atoms with Gasteiger partial charge in [0.25, 0.3) is 0 Å². The molecule has 0 bridgehead atoms. The Kier molecular flexibility index (Phi) is 7.07. The summed E-state index contributed by atoms with van der Waals surface area (Å²) in [5, 5.41) is 0. The number of anilines is 1. The lowest BCUT2D eigenvalue weighted by molar-refractivity contribution is 0.140. The van der Waals surface area contributed by atoms with Gasteiger partial charge in [0.05, 0.1) is 17.3 Å². The molecule has 1 aromatic heterocycles. The number of aromatic nitrogens is 2.